The summed E-state index contributed by atoms with van der Waals surface area (Å²) in [5.74, 6) is -5.80. The molecule has 1 saturated heterocycles. The molecular formula is C8H9F6NO. The van der Waals surface area contributed by atoms with Crippen molar-refractivity contribution < 1.29 is 31.1 Å². The first-order valence-corrected chi connectivity index (χ1v) is 4.49. The molecule has 0 aromatic carbocycles. The van der Waals surface area contributed by atoms with Crippen LogP contribution in [-0.4, -0.2) is 35.7 Å². The summed E-state index contributed by atoms with van der Waals surface area (Å²) < 4.78 is 72.9. The second-order valence-electron chi connectivity index (χ2n) is 3.69. The van der Waals surface area contributed by atoms with Gasteiger partial charge in [0.1, 0.15) is 0 Å². The summed E-state index contributed by atoms with van der Waals surface area (Å²) in [6, 6.07) is -0.556. The summed E-state index contributed by atoms with van der Waals surface area (Å²) in [6.45, 7) is 1.36. The van der Waals surface area contributed by atoms with Crippen LogP contribution in [-0.2, 0) is 4.79 Å². The van der Waals surface area contributed by atoms with Crippen LogP contribution >= 0.6 is 0 Å². The van der Waals surface area contributed by atoms with E-state index >= 15 is 0 Å². The predicted molar refractivity (Wildman–Crippen MR) is 41.4 cm³/mol. The number of hydrogen-bond donors (Lipinski definition) is 0. The van der Waals surface area contributed by atoms with E-state index in [0.717, 1.165) is 0 Å². The monoisotopic (exact) mass is 249 g/mol. The Labute approximate surface area is 87.2 Å². The summed E-state index contributed by atoms with van der Waals surface area (Å²) in [6.07, 6.45) is -10.8. The topological polar surface area (TPSA) is 20.3 Å². The lowest BCUT2D eigenvalue weighted by Gasteiger charge is -2.41. The number of carbonyl (C=O) groups excluding carboxylic acids is 1. The molecule has 0 aliphatic carbocycles. The second-order valence-corrected chi connectivity index (χ2v) is 3.69. The number of nitrogens with zero attached hydrogens (tertiary/aromatic N) is 1. The third kappa shape index (κ3) is 2.41. The molecule has 1 aliphatic heterocycles. The average molecular weight is 249 g/mol. The molecule has 0 aromatic heterocycles. The van der Waals surface area contributed by atoms with Gasteiger partial charge in [0.2, 0.25) is 11.8 Å². The first-order valence-electron chi connectivity index (χ1n) is 4.49. The van der Waals surface area contributed by atoms with Crippen LogP contribution in [0.15, 0.2) is 0 Å². The summed E-state index contributed by atoms with van der Waals surface area (Å²) in [5, 5.41) is 0. The highest BCUT2D eigenvalue weighted by molar-refractivity contribution is 5.81. The van der Waals surface area contributed by atoms with Crippen LogP contribution in [0.25, 0.3) is 0 Å². The third-order valence-electron chi connectivity index (χ3n) is 2.50. The minimum absolute atomic E-state index is 0.0529. The first kappa shape index (κ1) is 13.1. The standard InChI is InChI=1S/C8H9F6NO/c1-4-2-3-15(4)6(16)5(7(9,10)11)8(12,13)14/h4-5H,2-3H2,1H3. The van der Waals surface area contributed by atoms with E-state index in [9.17, 15) is 31.1 Å². The Kier molecular flexibility index (Phi) is 3.13. The maximum atomic E-state index is 12.1. The van der Waals surface area contributed by atoms with E-state index in [2.05, 4.69) is 0 Å². The normalized spacial score (nSPS) is 22.2. The molecule has 0 spiro atoms. The first-order chi connectivity index (χ1) is 7.05. The summed E-state index contributed by atoms with van der Waals surface area (Å²) in [5.41, 5.74) is 0. The molecule has 1 atom stereocenters. The highest BCUT2D eigenvalue weighted by Crippen LogP contribution is 2.41. The van der Waals surface area contributed by atoms with E-state index in [4.69, 9.17) is 0 Å². The van der Waals surface area contributed by atoms with Gasteiger partial charge in [-0.2, -0.15) is 26.3 Å². The Balaban J connectivity index is 2.90. The van der Waals surface area contributed by atoms with Crippen molar-refractivity contribution in [2.75, 3.05) is 6.54 Å². The molecular weight excluding hydrogens is 240 g/mol. The van der Waals surface area contributed by atoms with E-state index in [1.165, 1.54) is 6.92 Å². The van der Waals surface area contributed by atoms with Crippen LogP contribution in [0.2, 0.25) is 0 Å². The van der Waals surface area contributed by atoms with Crippen LogP contribution in [0.3, 0.4) is 0 Å². The fraction of sp³-hybridized carbons (Fsp3) is 0.875. The Morgan fingerprint density at radius 1 is 1.19 bits per heavy atom. The molecule has 0 radical (unpaired) electrons. The lowest BCUT2D eigenvalue weighted by molar-refractivity contribution is -0.279. The van der Waals surface area contributed by atoms with Crippen LogP contribution < -0.4 is 0 Å². The molecule has 1 heterocycles. The Hall–Kier alpha value is -0.950. The Morgan fingerprint density at radius 2 is 1.62 bits per heavy atom. The van der Waals surface area contributed by atoms with Crippen molar-refractivity contribution in [1.29, 1.82) is 0 Å². The van der Waals surface area contributed by atoms with Crippen molar-refractivity contribution in [3.63, 3.8) is 0 Å². The molecule has 94 valence electrons. The van der Waals surface area contributed by atoms with Gasteiger partial charge in [0, 0.05) is 12.6 Å². The molecule has 8 heteroatoms. The molecule has 0 bridgehead atoms. The number of likely N-dealkylation sites (tertiary alicyclic amines) is 1. The predicted octanol–water partition coefficient (Wildman–Crippen LogP) is 2.35. The quantitative estimate of drug-likeness (QED) is 0.653. The largest absolute Gasteiger partial charge is 0.409 e. The molecule has 0 saturated carbocycles. The van der Waals surface area contributed by atoms with Gasteiger partial charge in [-0.3, -0.25) is 4.79 Å². The van der Waals surface area contributed by atoms with Gasteiger partial charge in [-0.25, -0.2) is 0 Å². The van der Waals surface area contributed by atoms with Crippen LogP contribution in [0.4, 0.5) is 26.3 Å². The number of carbonyl (C=O) groups is 1. The van der Waals surface area contributed by atoms with Gasteiger partial charge < -0.3 is 4.90 Å². The Bertz CT molecular complexity index is 269. The summed E-state index contributed by atoms with van der Waals surface area (Å²) in [4.78, 5) is 11.7. The van der Waals surface area contributed by atoms with Crippen molar-refractivity contribution in [3.05, 3.63) is 0 Å². The van der Waals surface area contributed by atoms with E-state index in [0.29, 0.717) is 11.3 Å². The zero-order chi connectivity index (χ0) is 12.7. The van der Waals surface area contributed by atoms with E-state index in [-0.39, 0.29) is 6.54 Å². The highest BCUT2D eigenvalue weighted by atomic mass is 19.4. The van der Waals surface area contributed by atoms with Gasteiger partial charge in [0.25, 0.3) is 0 Å². The van der Waals surface area contributed by atoms with E-state index in [1.54, 1.807) is 0 Å². The fourth-order valence-electron chi connectivity index (χ4n) is 1.48. The smallest absolute Gasteiger partial charge is 0.339 e. The van der Waals surface area contributed by atoms with Crippen LogP contribution in [0.5, 0.6) is 0 Å². The van der Waals surface area contributed by atoms with Gasteiger partial charge in [-0.15, -0.1) is 0 Å². The average Bonchev–Trinajstić information content (AvgIpc) is 1.95. The lowest BCUT2D eigenvalue weighted by Crippen LogP contribution is -2.57. The molecule has 1 rings (SSSR count). The van der Waals surface area contributed by atoms with Crippen molar-refractivity contribution >= 4 is 5.91 Å². The molecule has 2 nitrogen and oxygen atoms in total. The van der Waals surface area contributed by atoms with Crippen LogP contribution in [0.1, 0.15) is 13.3 Å². The molecule has 1 amide bonds. The van der Waals surface area contributed by atoms with Gasteiger partial charge in [-0.1, -0.05) is 0 Å². The SMILES string of the molecule is CC1CCN1C(=O)C(C(F)(F)F)C(F)(F)F. The van der Waals surface area contributed by atoms with Gasteiger partial charge in [-0.05, 0) is 13.3 Å². The minimum Gasteiger partial charge on any atom is -0.339 e. The molecule has 1 fully saturated rings. The number of rotatable bonds is 1. The fourth-order valence-corrected chi connectivity index (χ4v) is 1.48. The van der Waals surface area contributed by atoms with Gasteiger partial charge in [0.15, 0.2) is 0 Å². The zero-order valence-corrected chi connectivity index (χ0v) is 8.19. The third-order valence-corrected chi connectivity index (χ3v) is 2.50. The number of hydrogen-bond acceptors (Lipinski definition) is 1. The minimum atomic E-state index is -5.59. The zero-order valence-electron chi connectivity index (χ0n) is 8.19. The number of amides is 1. The summed E-state index contributed by atoms with van der Waals surface area (Å²) >= 11 is 0. The summed E-state index contributed by atoms with van der Waals surface area (Å²) in [7, 11) is 0. The van der Waals surface area contributed by atoms with Gasteiger partial charge >= 0.3 is 12.4 Å². The molecule has 0 aromatic rings. The molecule has 1 aliphatic rings. The van der Waals surface area contributed by atoms with Crippen molar-refractivity contribution in [1.82, 2.24) is 4.90 Å². The van der Waals surface area contributed by atoms with E-state index in [1.807, 2.05) is 0 Å². The maximum Gasteiger partial charge on any atom is 0.409 e. The lowest BCUT2D eigenvalue weighted by atomic mass is 9.99. The number of alkyl halides is 6. The molecule has 0 N–H and O–H groups in total. The Morgan fingerprint density at radius 3 is 1.81 bits per heavy atom. The van der Waals surface area contributed by atoms with Crippen LogP contribution in [0, 0.1) is 5.92 Å². The highest BCUT2D eigenvalue weighted by Gasteiger charge is 2.62. The van der Waals surface area contributed by atoms with Crippen molar-refractivity contribution in [2.45, 2.75) is 31.7 Å². The second kappa shape index (κ2) is 3.81. The maximum absolute atomic E-state index is 12.1. The molecule has 1 unspecified atom stereocenters. The molecule has 16 heavy (non-hydrogen) atoms. The van der Waals surface area contributed by atoms with Crippen molar-refractivity contribution in [3.8, 4) is 0 Å². The van der Waals surface area contributed by atoms with Crippen molar-refractivity contribution in [2.24, 2.45) is 5.92 Å². The van der Waals surface area contributed by atoms with E-state index < -0.39 is 30.2 Å². The number of halogens is 6. The van der Waals surface area contributed by atoms with Gasteiger partial charge in [0.05, 0.1) is 0 Å².